The number of phenolic OH excluding ortho intramolecular Hbond substituents is 1. The monoisotopic (exact) mass is 357 g/mol. The van der Waals surface area contributed by atoms with Gasteiger partial charge < -0.3 is 10.4 Å². The van der Waals surface area contributed by atoms with Gasteiger partial charge in [0.1, 0.15) is 5.75 Å². The van der Waals surface area contributed by atoms with Crippen molar-refractivity contribution >= 4 is 27.5 Å². The number of halogens is 1. The first-order valence-electron chi connectivity index (χ1n) is 6.53. The average molecular weight is 358 g/mol. The molecule has 22 heavy (non-hydrogen) atoms. The molecular weight excluding hydrogens is 346 g/mol. The minimum absolute atomic E-state index is 0.0812. The third-order valence-corrected chi connectivity index (χ3v) is 3.56. The molecule has 0 aliphatic heterocycles. The van der Waals surface area contributed by atoms with E-state index in [1.807, 2.05) is 30.3 Å². The van der Waals surface area contributed by atoms with Crippen LogP contribution in [0.4, 0.5) is 5.69 Å². The summed E-state index contributed by atoms with van der Waals surface area (Å²) in [6.07, 6.45) is 3.27. The fraction of sp³-hybridized carbons (Fsp3) is 0. The number of nitrogens with one attached hydrogen (secondary N) is 1. The summed E-state index contributed by atoms with van der Waals surface area (Å²) in [5.41, 5.74) is 1.65. The highest BCUT2D eigenvalue weighted by Crippen LogP contribution is 2.23. The van der Waals surface area contributed by atoms with Crippen LogP contribution in [0.25, 0.3) is 5.69 Å². The van der Waals surface area contributed by atoms with Crippen molar-refractivity contribution in [3.63, 3.8) is 0 Å². The van der Waals surface area contributed by atoms with E-state index in [0.717, 1.165) is 5.69 Å². The summed E-state index contributed by atoms with van der Waals surface area (Å²) < 4.78 is 2.37. The normalized spacial score (nSPS) is 10.4. The van der Waals surface area contributed by atoms with Crippen LogP contribution in [0.3, 0.4) is 0 Å². The van der Waals surface area contributed by atoms with E-state index >= 15 is 0 Å². The molecule has 0 spiro atoms. The summed E-state index contributed by atoms with van der Waals surface area (Å²) in [5.74, 6) is -0.472. The largest absolute Gasteiger partial charge is 0.507 e. The molecular formula is C16H12BrN3O2. The molecule has 2 aromatic carbocycles. The van der Waals surface area contributed by atoms with Crippen LogP contribution in [0.5, 0.6) is 5.75 Å². The second-order valence-corrected chi connectivity index (χ2v) is 5.54. The Morgan fingerprint density at radius 2 is 1.95 bits per heavy atom. The topological polar surface area (TPSA) is 67.2 Å². The second kappa shape index (κ2) is 6.03. The Hall–Kier alpha value is -2.60. The minimum Gasteiger partial charge on any atom is -0.507 e. The van der Waals surface area contributed by atoms with Crippen molar-refractivity contribution in [3.8, 4) is 11.4 Å². The number of anilines is 1. The third kappa shape index (κ3) is 3.01. The molecule has 0 saturated carbocycles. The number of para-hydroxylation sites is 1. The molecule has 0 radical (unpaired) electrons. The van der Waals surface area contributed by atoms with E-state index in [9.17, 15) is 9.90 Å². The number of nitrogens with zero attached hydrogens (tertiary/aromatic N) is 2. The van der Waals surface area contributed by atoms with Gasteiger partial charge in [0.2, 0.25) is 0 Å². The van der Waals surface area contributed by atoms with Gasteiger partial charge in [-0.1, -0.05) is 34.1 Å². The molecule has 0 atom stereocenters. The van der Waals surface area contributed by atoms with Gasteiger partial charge >= 0.3 is 0 Å². The highest BCUT2D eigenvalue weighted by atomic mass is 79.9. The van der Waals surface area contributed by atoms with Gasteiger partial charge in [0.25, 0.3) is 5.91 Å². The number of carbonyl (C=O) groups excluding carboxylic acids is 1. The van der Waals surface area contributed by atoms with Crippen LogP contribution in [0.15, 0.2) is 65.4 Å². The van der Waals surface area contributed by atoms with Crippen molar-refractivity contribution in [2.45, 2.75) is 0 Å². The van der Waals surface area contributed by atoms with Gasteiger partial charge in [-0.15, -0.1) is 0 Å². The van der Waals surface area contributed by atoms with E-state index in [4.69, 9.17) is 0 Å². The maximum Gasteiger partial charge on any atom is 0.259 e. The molecule has 1 amide bonds. The average Bonchev–Trinajstić information content (AvgIpc) is 2.96. The third-order valence-electron chi connectivity index (χ3n) is 3.07. The highest BCUT2D eigenvalue weighted by Gasteiger charge is 2.12. The molecule has 3 rings (SSSR count). The SMILES string of the molecule is O=C(Nc1cnn(-c2ccccc2)c1)c1ccc(Br)cc1O. The number of hydrogen-bond donors (Lipinski definition) is 2. The Bertz CT molecular complexity index is 815. The van der Waals surface area contributed by atoms with Crippen molar-refractivity contribution in [3.05, 3.63) is 71.0 Å². The Labute approximate surface area is 135 Å². The smallest absolute Gasteiger partial charge is 0.259 e. The Morgan fingerprint density at radius 1 is 1.18 bits per heavy atom. The molecule has 1 heterocycles. The van der Waals surface area contributed by atoms with Crippen LogP contribution in [0, 0.1) is 0 Å². The number of hydrogen-bond acceptors (Lipinski definition) is 3. The predicted molar refractivity (Wildman–Crippen MR) is 87.3 cm³/mol. The summed E-state index contributed by atoms with van der Waals surface area (Å²) in [4.78, 5) is 12.2. The van der Waals surface area contributed by atoms with Gasteiger partial charge in [0.05, 0.1) is 29.3 Å². The standard InChI is InChI=1S/C16H12BrN3O2/c17-11-6-7-14(15(21)8-11)16(22)19-12-9-18-20(10-12)13-4-2-1-3-5-13/h1-10,21H,(H,19,22). The summed E-state index contributed by atoms with van der Waals surface area (Å²) in [7, 11) is 0. The number of aromatic nitrogens is 2. The van der Waals surface area contributed by atoms with Crippen molar-refractivity contribution in [2.75, 3.05) is 5.32 Å². The number of aromatic hydroxyl groups is 1. The van der Waals surface area contributed by atoms with Gasteiger partial charge in [0, 0.05) is 4.47 Å². The van der Waals surface area contributed by atoms with Crippen molar-refractivity contribution in [1.82, 2.24) is 9.78 Å². The number of carbonyl (C=O) groups is 1. The zero-order chi connectivity index (χ0) is 15.5. The molecule has 5 nitrogen and oxygen atoms in total. The lowest BCUT2D eigenvalue weighted by atomic mass is 10.2. The van der Waals surface area contributed by atoms with Crippen molar-refractivity contribution in [2.24, 2.45) is 0 Å². The molecule has 0 bridgehead atoms. The number of rotatable bonds is 3. The molecule has 1 aromatic heterocycles. The van der Waals surface area contributed by atoms with Gasteiger partial charge in [-0.3, -0.25) is 4.79 Å². The van der Waals surface area contributed by atoms with Gasteiger partial charge in [-0.2, -0.15) is 5.10 Å². The molecule has 110 valence electrons. The maximum atomic E-state index is 12.2. The molecule has 6 heteroatoms. The quantitative estimate of drug-likeness (QED) is 0.752. The second-order valence-electron chi connectivity index (χ2n) is 4.62. The van der Waals surface area contributed by atoms with Gasteiger partial charge in [-0.05, 0) is 30.3 Å². The molecule has 0 fully saturated rings. The number of benzene rings is 2. The molecule has 0 unspecified atom stereocenters. The van der Waals surface area contributed by atoms with Crippen LogP contribution >= 0.6 is 15.9 Å². The summed E-state index contributed by atoms with van der Waals surface area (Å²) in [5, 5.41) is 16.7. The fourth-order valence-electron chi connectivity index (χ4n) is 2.00. The first-order valence-corrected chi connectivity index (χ1v) is 7.33. The zero-order valence-corrected chi connectivity index (χ0v) is 13.0. The van der Waals surface area contributed by atoms with Crippen molar-refractivity contribution < 1.29 is 9.90 Å². The van der Waals surface area contributed by atoms with Crippen LogP contribution in [-0.4, -0.2) is 20.8 Å². The van der Waals surface area contributed by atoms with Crippen LogP contribution in [0.1, 0.15) is 10.4 Å². The lowest BCUT2D eigenvalue weighted by molar-refractivity contribution is 0.102. The highest BCUT2D eigenvalue weighted by molar-refractivity contribution is 9.10. The molecule has 0 saturated heterocycles. The lowest BCUT2D eigenvalue weighted by Gasteiger charge is -2.05. The molecule has 0 aliphatic rings. The predicted octanol–water partition coefficient (Wildman–Crippen LogP) is 3.59. The van der Waals surface area contributed by atoms with Gasteiger partial charge in [0.15, 0.2) is 0 Å². The van der Waals surface area contributed by atoms with Crippen LogP contribution in [-0.2, 0) is 0 Å². The Morgan fingerprint density at radius 3 is 2.68 bits per heavy atom. The van der Waals surface area contributed by atoms with Crippen LogP contribution in [0.2, 0.25) is 0 Å². The molecule has 3 aromatic rings. The zero-order valence-electron chi connectivity index (χ0n) is 11.4. The molecule has 2 N–H and O–H groups in total. The van der Waals surface area contributed by atoms with E-state index in [1.54, 1.807) is 29.2 Å². The van der Waals surface area contributed by atoms with Gasteiger partial charge in [-0.25, -0.2) is 4.68 Å². The van der Waals surface area contributed by atoms with E-state index < -0.39 is 5.91 Å². The first kappa shape index (κ1) is 14.3. The van der Waals surface area contributed by atoms with Crippen LogP contribution < -0.4 is 5.32 Å². The first-order chi connectivity index (χ1) is 10.6. The fourth-order valence-corrected chi connectivity index (χ4v) is 2.35. The Kier molecular flexibility index (Phi) is 3.93. The number of phenols is 1. The van der Waals surface area contributed by atoms with E-state index in [0.29, 0.717) is 10.2 Å². The Balaban J connectivity index is 1.79. The summed E-state index contributed by atoms with van der Waals surface area (Å²) in [6.45, 7) is 0. The minimum atomic E-state index is -0.391. The van der Waals surface area contributed by atoms with E-state index in [2.05, 4.69) is 26.3 Å². The van der Waals surface area contributed by atoms with E-state index in [-0.39, 0.29) is 11.3 Å². The maximum absolute atomic E-state index is 12.2. The molecule has 0 aliphatic carbocycles. The summed E-state index contributed by atoms with van der Waals surface area (Å²) >= 11 is 3.24. The van der Waals surface area contributed by atoms with Crippen molar-refractivity contribution in [1.29, 1.82) is 0 Å². The van der Waals surface area contributed by atoms with E-state index in [1.165, 1.54) is 6.07 Å². The summed E-state index contributed by atoms with van der Waals surface area (Å²) in [6, 6.07) is 14.3. The lowest BCUT2D eigenvalue weighted by Crippen LogP contribution is -2.11. The number of amides is 1.